The summed E-state index contributed by atoms with van der Waals surface area (Å²) < 4.78 is 17.0. The van der Waals surface area contributed by atoms with Crippen LogP contribution in [0.15, 0.2) is 23.6 Å². The van der Waals surface area contributed by atoms with Crippen LogP contribution in [0.4, 0.5) is 0 Å². The predicted octanol–water partition coefficient (Wildman–Crippen LogP) is 3.65. The van der Waals surface area contributed by atoms with Crippen LogP contribution in [-0.2, 0) is 13.0 Å². The van der Waals surface area contributed by atoms with E-state index in [1.54, 1.807) is 7.11 Å². The molecule has 2 aliphatic heterocycles. The smallest absolute Gasteiger partial charge is 0.165 e. The first kappa shape index (κ1) is 14.8. The Hall–Kier alpha value is -1.72. The second-order valence-electron chi connectivity index (χ2n) is 6.00. The summed E-state index contributed by atoms with van der Waals surface area (Å²) in [4.78, 5) is 4.03. The molecule has 2 aliphatic rings. The van der Waals surface area contributed by atoms with Gasteiger partial charge in [0.15, 0.2) is 11.5 Å². The van der Waals surface area contributed by atoms with Gasteiger partial charge in [0.2, 0.25) is 0 Å². The normalized spacial score (nSPS) is 20.2. The van der Waals surface area contributed by atoms with E-state index in [-0.39, 0.29) is 0 Å². The molecule has 23 heavy (non-hydrogen) atoms. The molecule has 0 saturated heterocycles. The number of nitrogens with zero attached hydrogens (tertiary/aromatic N) is 1. The maximum absolute atomic E-state index is 5.73. The molecule has 0 spiro atoms. The molecule has 0 aliphatic carbocycles. The Bertz CT molecular complexity index is 712. The number of ether oxygens (including phenoxy) is 3. The summed E-state index contributed by atoms with van der Waals surface area (Å²) >= 11 is 1.88. The Kier molecular flexibility index (Phi) is 3.91. The highest BCUT2D eigenvalue weighted by Gasteiger charge is 2.26. The van der Waals surface area contributed by atoms with Crippen LogP contribution < -0.4 is 14.2 Å². The Morgan fingerprint density at radius 2 is 2.04 bits per heavy atom. The van der Waals surface area contributed by atoms with Crippen molar-refractivity contribution in [3.8, 4) is 17.2 Å². The van der Waals surface area contributed by atoms with Gasteiger partial charge < -0.3 is 14.2 Å². The van der Waals surface area contributed by atoms with E-state index >= 15 is 0 Å². The van der Waals surface area contributed by atoms with Crippen LogP contribution >= 0.6 is 11.3 Å². The van der Waals surface area contributed by atoms with Crippen molar-refractivity contribution in [1.29, 1.82) is 0 Å². The maximum Gasteiger partial charge on any atom is 0.165 e. The first-order chi connectivity index (χ1) is 11.3. The van der Waals surface area contributed by atoms with Gasteiger partial charge in [-0.1, -0.05) is 0 Å². The Morgan fingerprint density at radius 1 is 1.26 bits per heavy atom. The standard InChI is InChI=1S/C18H21NO3S/c1-12-14-4-8-23-18(14)3-5-19(12)11-13-9-16-17(10-15(13)20-2)22-7-6-21-16/h4,8-10,12H,3,5-7,11H2,1-2H3/t12-/m0/s1. The van der Waals surface area contributed by atoms with Crippen molar-refractivity contribution in [3.63, 3.8) is 0 Å². The number of fused-ring (bicyclic) bond motifs is 2. The molecule has 0 amide bonds. The fraction of sp³-hybridized carbons (Fsp3) is 0.444. The lowest BCUT2D eigenvalue weighted by Gasteiger charge is -2.34. The van der Waals surface area contributed by atoms with E-state index in [9.17, 15) is 0 Å². The van der Waals surface area contributed by atoms with Gasteiger partial charge >= 0.3 is 0 Å². The van der Waals surface area contributed by atoms with E-state index in [4.69, 9.17) is 14.2 Å². The van der Waals surface area contributed by atoms with Crippen LogP contribution in [0.3, 0.4) is 0 Å². The molecular formula is C18H21NO3S. The molecule has 1 atom stereocenters. The SMILES string of the molecule is COc1cc2c(cc1CN1CCc3sccc3[C@@H]1C)OCCO2. The van der Waals surface area contributed by atoms with E-state index in [1.165, 1.54) is 10.4 Å². The van der Waals surface area contributed by atoms with E-state index in [2.05, 4.69) is 29.3 Å². The third kappa shape index (κ3) is 2.68. The lowest BCUT2D eigenvalue weighted by molar-refractivity contribution is 0.167. The monoisotopic (exact) mass is 331 g/mol. The fourth-order valence-electron chi connectivity index (χ4n) is 3.42. The van der Waals surface area contributed by atoms with E-state index in [1.807, 2.05) is 17.4 Å². The number of hydrogen-bond acceptors (Lipinski definition) is 5. The van der Waals surface area contributed by atoms with Gasteiger partial charge in [0.25, 0.3) is 0 Å². The molecule has 4 nitrogen and oxygen atoms in total. The van der Waals surface area contributed by atoms with Gasteiger partial charge in [-0.3, -0.25) is 4.90 Å². The van der Waals surface area contributed by atoms with E-state index < -0.39 is 0 Å². The molecule has 0 N–H and O–H groups in total. The molecule has 3 heterocycles. The van der Waals surface area contributed by atoms with Crippen LogP contribution in [0.2, 0.25) is 0 Å². The van der Waals surface area contributed by atoms with Crippen molar-refractivity contribution in [1.82, 2.24) is 4.90 Å². The number of benzene rings is 1. The maximum atomic E-state index is 5.73. The zero-order valence-electron chi connectivity index (χ0n) is 13.5. The Morgan fingerprint density at radius 3 is 2.83 bits per heavy atom. The van der Waals surface area contributed by atoms with E-state index in [0.717, 1.165) is 42.3 Å². The molecule has 0 fully saturated rings. The van der Waals surface area contributed by atoms with Crippen molar-refractivity contribution in [3.05, 3.63) is 39.6 Å². The molecule has 1 aromatic heterocycles. The third-order valence-corrected chi connectivity index (χ3v) is 5.72. The second-order valence-corrected chi connectivity index (χ2v) is 7.00. The Balaban J connectivity index is 1.61. The first-order valence-corrected chi connectivity index (χ1v) is 8.91. The minimum Gasteiger partial charge on any atom is -0.496 e. The summed E-state index contributed by atoms with van der Waals surface area (Å²) in [6.07, 6.45) is 1.13. The summed E-state index contributed by atoms with van der Waals surface area (Å²) in [5.41, 5.74) is 2.63. The molecule has 5 heteroatoms. The summed E-state index contributed by atoms with van der Waals surface area (Å²) in [6.45, 7) is 5.43. The largest absolute Gasteiger partial charge is 0.496 e. The van der Waals surface area contributed by atoms with Crippen LogP contribution in [0.25, 0.3) is 0 Å². The predicted molar refractivity (Wildman–Crippen MR) is 90.8 cm³/mol. The molecule has 0 radical (unpaired) electrons. The number of methoxy groups -OCH3 is 1. The number of hydrogen-bond donors (Lipinski definition) is 0. The zero-order chi connectivity index (χ0) is 15.8. The Labute approximate surface area is 140 Å². The number of thiophene rings is 1. The average Bonchev–Trinajstić information content (AvgIpc) is 3.06. The lowest BCUT2D eigenvalue weighted by atomic mass is 10.0. The molecular weight excluding hydrogens is 310 g/mol. The second kappa shape index (κ2) is 6.06. The van der Waals surface area contributed by atoms with E-state index in [0.29, 0.717) is 19.3 Å². The number of rotatable bonds is 3. The van der Waals surface area contributed by atoms with Gasteiger partial charge in [0, 0.05) is 35.6 Å². The van der Waals surface area contributed by atoms with Gasteiger partial charge in [-0.05, 0) is 36.4 Å². The highest BCUT2D eigenvalue weighted by atomic mass is 32.1. The molecule has 122 valence electrons. The van der Waals surface area contributed by atoms with Crippen LogP contribution in [-0.4, -0.2) is 31.8 Å². The average molecular weight is 331 g/mol. The lowest BCUT2D eigenvalue weighted by Crippen LogP contribution is -2.32. The minimum absolute atomic E-state index is 0.433. The minimum atomic E-state index is 0.433. The van der Waals surface area contributed by atoms with Crippen molar-refractivity contribution >= 4 is 11.3 Å². The highest BCUT2D eigenvalue weighted by Crippen LogP contribution is 2.39. The third-order valence-electron chi connectivity index (χ3n) is 4.72. The fourth-order valence-corrected chi connectivity index (χ4v) is 4.38. The van der Waals surface area contributed by atoms with Gasteiger partial charge in [-0.2, -0.15) is 0 Å². The van der Waals surface area contributed by atoms with Crippen LogP contribution in [0.1, 0.15) is 29.0 Å². The van der Waals surface area contributed by atoms with Crippen molar-refractivity contribution < 1.29 is 14.2 Å². The molecule has 2 aromatic rings. The molecule has 4 rings (SSSR count). The molecule has 1 aromatic carbocycles. The van der Waals surface area contributed by atoms with Crippen molar-refractivity contribution in [2.24, 2.45) is 0 Å². The highest BCUT2D eigenvalue weighted by molar-refractivity contribution is 7.10. The molecule has 0 bridgehead atoms. The molecule has 0 unspecified atom stereocenters. The zero-order valence-corrected chi connectivity index (χ0v) is 14.3. The van der Waals surface area contributed by atoms with Crippen LogP contribution in [0.5, 0.6) is 17.2 Å². The van der Waals surface area contributed by atoms with Crippen molar-refractivity contribution in [2.75, 3.05) is 26.9 Å². The summed E-state index contributed by atoms with van der Waals surface area (Å²) in [6, 6.07) is 6.72. The molecule has 0 saturated carbocycles. The first-order valence-electron chi connectivity index (χ1n) is 8.03. The van der Waals surface area contributed by atoms with Gasteiger partial charge in [0.1, 0.15) is 19.0 Å². The summed E-state index contributed by atoms with van der Waals surface area (Å²) in [5, 5.41) is 2.20. The topological polar surface area (TPSA) is 30.9 Å². The summed E-state index contributed by atoms with van der Waals surface area (Å²) in [5.74, 6) is 2.48. The van der Waals surface area contributed by atoms with Crippen molar-refractivity contribution in [2.45, 2.75) is 25.9 Å². The quantitative estimate of drug-likeness (QED) is 0.859. The van der Waals surface area contributed by atoms with Gasteiger partial charge in [-0.25, -0.2) is 0 Å². The van der Waals surface area contributed by atoms with Gasteiger partial charge in [0.05, 0.1) is 7.11 Å². The summed E-state index contributed by atoms with van der Waals surface area (Å²) in [7, 11) is 1.71. The van der Waals surface area contributed by atoms with Gasteiger partial charge in [-0.15, -0.1) is 11.3 Å². The van der Waals surface area contributed by atoms with Crippen LogP contribution in [0, 0.1) is 0 Å².